The summed E-state index contributed by atoms with van der Waals surface area (Å²) in [5, 5.41) is 9.46. The third kappa shape index (κ3) is 4.51. The molecule has 1 N–H and O–H groups in total. The van der Waals surface area contributed by atoms with Crippen molar-refractivity contribution in [2.24, 2.45) is 5.92 Å². The number of aliphatic hydroxyl groups excluding tert-OH is 1. The molecule has 1 heterocycles. The summed E-state index contributed by atoms with van der Waals surface area (Å²) in [5.41, 5.74) is 2.82. The smallest absolute Gasteiger partial charge is 0.188 e. The van der Waals surface area contributed by atoms with Crippen molar-refractivity contribution in [3.63, 3.8) is 0 Å². The number of benzene rings is 1. The molecule has 1 atom stereocenters. The molecule has 114 valence electrons. The quantitative estimate of drug-likeness (QED) is 0.869. The number of carbonyl (C=O) groups is 1. The molecule has 3 heteroatoms. The fourth-order valence-corrected chi connectivity index (χ4v) is 2.79. The Morgan fingerprint density at radius 3 is 2.71 bits per heavy atom. The summed E-state index contributed by atoms with van der Waals surface area (Å²) in [7, 11) is 2.07. The third-order valence-corrected chi connectivity index (χ3v) is 4.16. The summed E-state index contributed by atoms with van der Waals surface area (Å²) in [6.45, 7) is 4.04. The van der Waals surface area contributed by atoms with E-state index in [1.54, 1.807) is 0 Å². The second-order valence-electron chi connectivity index (χ2n) is 6.06. The van der Waals surface area contributed by atoms with Crippen LogP contribution in [0.1, 0.15) is 35.2 Å². The van der Waals surface area contributed by atoms with E-state index < -0.39 is 0 Å². The number of hydrogen-bond acceptors (Lipinski definition) is 3. The van der Waals surface area contributed by atoms with Crippen LogP contribution in [0.25, 0.3) is 0 Å². The van der Waals surface area contributed by atoms with E-state index in [-0.39, 0.29) is 18.3 Å². The molecule has 0 aromatic heterocycles. The first kappa shape index (κ1) is 15.9. The second-order valence-corrected chi connectivity index (χ2v) is 6.06. The maximum Gasteiger partial charge on any atom is 0.188 e. The molecule has 3 nitrogen and oxygen atoms in total. The van der Waals surface area contributed by atoms with Crippen molar-refractivity contribution in [3.05, 3.63) is 47.0 Å². The van der Waals surface area contributed by atoms with Crippen LogP contribution in [0.2, 0.25) is 0 Å². The number of aliphatic hydroxyl groups is 1. The predicted octanol–water partition coefficient (Wildman–Crippen LogP) is 2.83. The van der Waals surface area contributed by atoms with Crippen LogP contribution in [0.15, 0.2) is 35.9 Å². The van der Waals surface area contributed by atoms with Crippen LogP contribution in [-0.4, -0.2) is 42.5 Å². The first-order valence-electron chi connectivity index (χ1n) is 7.70. The van der Waals surface area contributed by atoms with Crippen LogP contribution in [0, 0.1) is 12.8 Å². The van der Waals surface area contributed by atoms with Gasteiger partial charge in [0.25, 0.3) is 0 Å². The van der Waals surface area contributed by atoms with Crippen molar-refractivity contribution in [2.75, 3.05) is 26.7 Å². The van der Waals surface area contributed by atoms with Gasteiger partial charge >= 0.3 is 0 Å². The van der Waals surface area contributed by atoms with Crippen LogP contribution in [-0.2, 0) is 0 Å². The van der Waals surface area contributed by atoms with Gasteiger partial charge in [-0.05, 0) is 44.7 Å². The van der Waals surface area contributed by atoms with E-state index in [1.807, 2.05) is 31.2 Å². The fourth-order valence-electron chi connectivity index (χ4n) is 2.79. The molecule has 1 unspecified atom stereocenters. The highest BCUT2D eigenvalue weighted by atomic mass is 16.3. The minimum atomic E-state index is 0.135. The molecule has 2 rings (SSSR count). The zero-order valence-electron chi connectivity index (χ0n) is 13.0. The van der Waals surface area contributed by atoms with Crippen LogP contribution in [0.5, 0.6) is 0 Å². The third-order valence-electron chi connectivity index (χ3n) is 4.16. The van der Waals surface area contributed by atoms with E-state index in [1.165, 1.54) is 0 Å². The molecule has 0 saturated carbocycles. The van der Waals surface area contributed by atoms with Crippen molar-refractivity contribution >= 4 is 5.78 Å². The molecule has 0 fully saturated rings. The SMILES string of the molecule is Cc1ccc(C(=O)/C2=C\CCN(C)CC(CO)CC2)cc1. The molecule has 21 heavy (non-hydrogen) atoms. The topological polar surface area (TPSA) is 40.5 Å². The van der Waals surface area contributed by atoms with Gasteiger partial charge in [-0.1, -0.05) is 35.9 Å². The fraction of sp³-hybridized carbons (Fsp3) is 0.500. The Morgan fingerprint density at radius 1 is 1.33 bits per heavy atom. The van der Waals surface area contributed by atoms with Gasteiger partial charge in [0.15, 0.2) is 5.78 Å². The van der Waals surface area contributed by atoms with E-state index in [0.29, 0.717) is 0 Å². The Hall–Kier alpha value is -1.45. The van der Waals surface area contributed by atoms with Gasteiger partial charge < -0.3 is 10.0 Å². The number of Topliss-reactive ketones (excluding diaryl/α,β-unsaturated/α-hetero) is 1. The van der Waals surface area contributed by atoms with E-state index in [9.17, 15) is 9.90 Å². The van der Waals surface area contributed by atoms with Crippen molar-refractivity contribution < 1.29 is 9.90 Å². The zero-order valence-corrected chi connectivity index (χ0v) is 13.0. The lowest BCUT2D eigenvalue weighted by Gasteiger charge is -2.20. The number of hydrogen-bond donors (Lipinski definition) is 1. The van der Waals surface area contributed by atoms with Gasteiger partial charge in [-0.2, -0.15) is 0 Å². The van der Waals surface area contributed by atoms with Gasteiger partial charge in [-0.25, -0.2) is 0 Å². The average Bonchev–Trinajstić information content (AvgIpc) is 2.57. The number of aryl methyl sites for hydroxylation is 1. The standard InChI is InChI=1S/C18H25NO2/c1-14-5-8-17(9-6-14)18(21)16-4-3-11-19(2)12-15(13-20)7-10-16/h4-6,8-9,15,20H,3,7,10-13H2,1-2H3/b16-4-. The average molecular weight is 287 g/mol. The molecule has 0 aliphatic carbocycles. The molecule has 0 amide bonds. The molecule has 0 radical (unpaired) electrons. The van der Waals surface area contributed by atoms with E-state index in [2.05, 4.69) is 18.0 Å². The lowest BCUT2D eigenvalue weighted by Crippen LogP contribution is -2.28. The van der Waals surface area contributed by atoms with Crippen LogP contribution in [0.3, 0.4) is 0 Å². The molecular weight excluding hydrogens is 262 g/mol. The molecule has 1 aliphatic heterocycles. The molecule has 0 spiro atoms. The lowest BCUT2D eigenvalue weighted by atomic mass is 9.94. The zero-order chi connectivity index (χ0) is 15.2. The first-order chi connectivity index (χ1) is 10.1. The van der Waals surface area contributed by atoms with E-state index >= 15 is 0 Å². The van der Waals surface area contributed by atoms with Gasteiger partial charge in [0.2, 0.25) is 0 Å². The van der Waals surface area contributed by atoms with E-state index in [4.69, 9.17) is 0 Å². The Kier molecular flexibility index (Phi) is 5.71. The van der Waals surface area contributed by atoms with Gasteiger partial charge in [0.05, 0.1) is 0 Å². The van der Waals surface area contributed by atoms with Gasteiger partial charge in [-0.15, -0.1) is 0 Å². The second kappa shape index (κ2) is 7.53. The Labute approximate surface area is 127 Å². The molecule has 0 saturated heterocycles. The lowest BCUT2D eigenvalue weighted by molar-refractivity contribution is 0.102. The Balaban J connectivity index is 2.14. The summed E-state index contributed by atoms with van der Waals surface area (Å²) < 4.78 is 0. The largest absolute Gasteiger partial charge is 0.396 e. The maximum absolute atomic E-state index is 12.6. The van der Waals surface area contributed by atoms with Crippen LogP contribution in [0.4, 0.5) is 0 Å². The number of allylic oxidation sites excluding steroid dienone is 1. The van der Waals surface area contributed by atoms with Gasteiger partial charge in [0, 0.05) is 25.3 Å². The summed E-state index contributed by atoms with van der Waals surface area (Å²) in [5.74, 6) is 0.388. The number of rotatable bonds is 3. The molecule has 1 aromatic rings. The number of carbonyl (C=O) groups excluding carboxylic acids is 1. The van der Waals surface area contributed by atoms with Crippen molar-refractivity contribution in [2.45, 2.75) is 26.2 Å². The monoisotopic (exact) mass is 287 g/mol. The maximum atomic E-state index is 12.6. The van der Waals surface area contributed by atoms with Crippen molar-refractivity contribution in [3.8, 4) is 0 Å². The Morgan fingerprint density at radius 2 is 2.05 bits per heavy atom. The minimum Gasteiger partial charge on any atom is -0.396 e. The van der Waals surface area contributed by atoms with Crippen LogP contribution >= 0.6 is 0 Å². The minimum absolute atomic E-state index is 0.135. The summed E-state index contributed by atoms with van der Waals surface area (Å²) in [4.78, 5) is 14.9. The molecule has 0 bridgehead atoms. The van der Waals surface area contributed by atoms with E-state index in [0.717, 1.165) is 49.1 Å². The summed E-state index contributed by atoms with van der Waals surface area (Å²) in [6, 6.07) is 7.77. The summed E-state index contributed by atoms with van der Waals surface area (Å²) >= 11 is 0. The molecule has 1 aliphatic rings. The highest BCUT2D eigenvalue weighted by Gasteiger charge is 2.18. The highest BCUT2D eigenvalue weighted by Crippen LogP contribution is 2.20. The number of nitrogens with zero attached hydrogens (tertiary/aromatic N) is 1. The van der Waals surface area contributed by atoms with Crippen LogP contribution < -0.4 is 0 Å². The summed E-state index contributed by atoms with van der Waals surface area (Å²) in [6.07, 6.45) is 4.59. The van der Waals surface area contributed by atoms with Crippen molar-refractivity contribution in [1.82, 2.24) is 4.90 Å². The predicted molar refractivity (Wildman–Crippen MR) is 85.5 cm³/mol. The highest BCUT2D eigenvalue weighted by molar-refractivity contribution is 6.08. The number of ketones is 1. The van der Waals surface area contributed by atoms with Gasteiger partial charge in [-0.3, -0.25) is 4.79 Å². The normalized spacial score (nSPS) is 23.6. The molecular formula is C18H25NO2. The first-order valence-corrected chi connectivity index (χ1v) is 7.70. The van der Waals surface area contributed by atoms with Crippen molar-refractivity contribution in [1.29, 1.82) is 0 Å². The molecule has 1 aromatic carbocycles. The Bertz CT molecular complexity index is 504. The van der Waals surface area contributed by atoms with Gasteiger partial charge in [0.1, 0.15) is 0 Å².